The zero-order chi connectivity index (χ0) is 17.7. The first-order valence-electron chi connectivity index (χ1n) is 7.88. The Balaban J connectivity index is 2.42. The average molecular weight is 348 g/mol. The average Bonchev–Trinajstić information content (AvgIpc) is 2.61. The monoisotopic (exact) mass is 347 g/mol. The molecule has 0 spiro atoms. The van der Waals surface area contributed by atoms with Crippen LogP contribution < -0.4 is 14.8 Å². The van der Waals surface area contributed by atoms with Crippen LogP contribution in [0.3, 0.4) is 0 Å². The topological polar surface area (TPSA) is 47.6 Å². The van der Waals surface area contributed by atoms with Crippen LogP contribution in [0.25, 0.3) is 0 Å². The summed E-state index contributed by atoms with van der Waals surface area (Å²) in [6, 6.07) is 8.91. The van der Waals surface area contributed by atoms with Gasteiger partial charge in [0.05, 0.1) is 14.2 Å². The van der Waals surface area contributed by atoms with Crippen LogP contribution in [-0.4, -0.2) is 20.1 Å². The molecule has 5 heteroatoms. The fourth-order valence-electron chi connectivity index (χ4n) is 2.59. The molecule has 2 rings (SSSR count). The van der Waals surface area contributed by atoms with E-state index in [0.717, 1.165) is 29.7 Å². The SMILES string of the molecule is CCc1ccc(Cl)c(CC)c1NC(=O)c1cc(OC)cc(OC)c1. The second-order valence-corrected chi connectivity index (χ2v) is 5.73. The molecule has 0 aliphatic heterocycles. The summed E-state index contributed by atoms with van der Waals surface area (Å²) < 4.78 is 10.5. The largest absolute Gasteiger partial charge is 0.497 e. The predicted octanol–water partition coefficient (Wildman–Crippen LogP) is 4.73. The molecular formula is C19H22ClNO3. The van der Waals surface area contributed by atoms with E-state index in [-0.39, 0.29) is 5.91 Å². The number of carbonyl (C=O) groups is 1. The molecule has 0 aliphatic carbocycles. The van der Waals surface area contributed by atoms with Gasteiger partial charge in [-0.3, -0.25) is 4.79 Å². The van der Waals surface area contributed by atoms with Crippen molar-refractivity contribution in [2.24, 2.45) is 0 Å². The minimum absolute atomic E-state index is 0.223. The maximum atomic E-state index is 12.7. The molecule has 0 bridgehead atoms. The lowest BCUT2D eigenvalue weighted by Crippen LogP contribution is -2.15. The molecule has 0 saturated carbocycles. The number of methoxy groups -OCH3 is 2. The number of carbonyl (C=O) groups excluding carboxylic acids is 1. The number of nitrogens with one attached hydrogen (secondary N) is 1. The number of ether oxygens (including phenoxy) is 2. The normalized spacial score (nSPS) is 10.4. The fraction of sp³-hybridized carbons (Fsp3) is 0.316. The van der Waals surface area contributed by atoms with Crippen molar-refractivity contribution in [3.05, 3.63) is 52.0 Å². The van der Waals surface area contributed by atoms with Gasteiger partial charge in [0.25, 0.3) is 5.91 Å². The quantitative estimate of drug-likeness (QED) is 0.821. The summed E-state index contributed by atoms with van der Waals surface area (Å²) in [6.07, 6.45) is 1.55. The molecule has 0 aliphatic rings. The number of benzene rings is 2. The van der Waals surface area contributed by atoms with E-state index >= 15 is 0 Å². The van der Waals surface area contributed by atoms with Crippen LogP contribution in [0.15, 0.2) is 30.3 Å². The Kier molecular flexibility index (Phi) is 6.10. The Labute approximate surface area is 147 Å². The van der Waals surface area contributed by atoms with Gasteiger partial charge in [0.2, 0.25) is 0 Å². The Bertz CT molecular complexity index is 721. The van der Waals surface area contributed by atoms with Crippen molar-refractivity contribution in [2.75, 3.05) is 19.5 Å². The minimum Gasteiger partial charge on any atom is -0.497 e. The van der Waals surface area contributed by atoms with Crippen LogP contribution in [0.2, 0.25) is 5.02 Å². The highest BCUT2D eigenvalue weighted by molar-refractivity contribution is 6.32. The van der Waals surface area contributed by atoms with Crippen LogP contribution in [0.5, 0.6) is 11.5 Å². The van der Waals surface area contributed by atoms with E-state index in [1.807, 2.05) is 26.0 Å². The van der Waals surface area contributed by atoms with Gasteiger partial charge in [-0.2, -0.15) is 0 Å². The molecule has 2 aromatic rings. The summed E-state index contributed by atoms with van der Waals surface area (Å²) in [6.45, 7) is 4.07. The number of anilines is 1. The van der Waals surface area contributed by atoms with Crippen LogP contribution in [0.4, 0.5) is 5.69 Å². The van der Waals surface area contributed by atoms with Crippen LogP contribution in [0.1, 0.15) is 35.3 Å². The van der Waals surface area contributed by atoms with Gasteiger partial charge in [0.1, 0.15) is 11.5 Å². The number of rotatable bonds is 6. The highest BCUT2D eigenvalue weighted by Gasteiger charge is 2.16. The second kappa shape index (κ2) is 8.06. The highest BCUT2D eigenvalue weighted by atomic mass is 35.5. The molecular weight excluding hydrogens is 326 g/mol. The summed E-state index contributed by atoms with van der Waals surface area (Å²) in [4.78, 5) is 12.7. The molecule has 1 N–H and O–H groups in total. The van der Waals surface area contributed by atoms with Gasteiger partial charge in [0, 0.05) is 22.3 Å². The third-order valence-electron chi connectivity index (χ3n) is 3.93. The number of hydrogen-bond acceptors (Lipinski definition) is 3. The van der Waals surface area contributed by atoms with E-state index in [1.54, 1.807) is 32.4 Å². The number of amides is 1. The molecule has 0 aromatic heterocycles. The molecule has 0 heterocycles. The van der Waals surface area contributed by atoms with E-state index in [4.69, 9.17) is 21.1 Å². The van der Waals surface area contributed by atoms with Gasteiger partial charge >= 0.3 is 0 Å². The Morgan fingerprint density at radius 1 is 1.04 bits per heavy atom. The van der Waals surface area contributed by atoms with Crippen molar-refractivity contribution in [2.45, 2.75) is 26.7 Å². The van der Waals surface area contributed by atoms with E-state index in [1.165, 1.54) is 0 Å². The predicted molar refractivity (Wildman–Crippen MR) is 97.7 cm³/mol. The molecule has 0 saturated heterocycles. The summed E-state index contributed by atoms with van der Waals surface area (Å²) in [7, 11) is 3.11. The zero-order valence-electron chi connectivity index (χ0n) is 14.4. The molecule has 24 heavy (non-hydrogen) atoms. The van der Waals surface area contributed by atoms with Gasteiger partial charge in [-0.1, -0.05) is 31.5 Å². The third kappa shape index (κ3) is 3.82. The molecule has 0 atom stereocenters. The third-order valence-corrected chi connectivity index (χ3v) is 4.28. The standard InChI is InChI=1S/C19H22ClNO3/c1-5-12-7-8-17(20)16(6-2)18(12)21-19(22)13-9-14(23-3)11-15(10-13)24-4/h7-11H,5-6H2,1-4H3,(H,21,22). The minimum atomic E-state index is -0.223. The number of halogens is 1. The van der Waals surface area contributed by atoms with Crippen molar-refractivity contribution < 1.29 is 14.3 Å². The molecule has 4 nitrogen and oxygen atoms in total. The van der Waals surface area contributed by atoms with Crippen molar-refractivity contribution >= 4 is 23.2 Å². The van der Waals surface area contributed by atoms with Gasteiger partial charge in [0.15, 0.2) is 0 Å². The summed E-state index contributed by atoms with van der Waals surface area (Å²) in [5.74, 6) is 0.910. The summed E-state index contributed by atoms with van der Waals surface area (Å²) >= 11 is 6.29. The molecule has 1 amide bonds. The second-order valence-electron chi connectivity index (χ2n) is 5.32. The fourth-order valence-corrected chi connectivity index (χ4v) is 2.88. The first kappa shape index (κ1) is 18.1. The van der Waals surface area contributed by atoms with Crippen molar-refractivity contribution in [1.29, 1.82) is 0 Å². The van der Waals surface area contributed by atoms with Crippen LogP contribution in [-0.2, 0) is 12.8 Å². The van der Waals surface area contributed by atoms with Gasteiger partial charge < -0.3 is 14.8 Å². The number of aryl methyl sites for hydroxylation is 1. The molecule has 0 radical (unpaired) electrons. The van der Waals surface area contributed by atoms with E-state index in [0.29, 0.717) is 22.1 Å². The molecule has 0 fully saturated rings. The lowest BCUT2D eigenvalue weighted by atomic mass is 10.0. The maximum Gasteiger partial charge on any atom is 0.255 e. The molecule has 2 aromatic carbocycles. The van der Waals surface area contributed by atoms with E-state index in [9.17, 15) is 4.79 Å². The summed E-state index contributed by atoms with van der Waals surface area (Å²) in [5, 5.41) is 3.67. The first-order chi connectivity index (χ1) is 11.5. The number of hydrogen-bond donors (Lipinski definition) is 1. The van der Waals surface area contributed by atoms with Crippen molar-refractivity contribution in [3.8, 4) is 11.5 Å². The smallest absolute Gasteiger partial charge is 0.255 e. The maximum absolute atomic E-state index is 12.7. The first-order valence-corrected chi connectivity index (χ1v) is 8.26. The van der Waals surface area contributed by atoms with Crippen molar-refractivity contribution in [1.82, 2.24) is 0 Å². The van der Waals surface area contributed by atoms with Gasteiger partial charge in [-0.05, 0) is 42.2 Å². The van der Waals surface area contributed by atoms with Gasteiger partial charge in [-0.25, -0.2) is 0 Å². The van der Waals surface area contributed by atoms with E-state index < -0.39 is 0 Å². The Hall–Kier alpha value is -2.20. The van der Waals surface area contributed by atoms with Crippen LogP contribution >= 0.6 is 11.6 Å². The van der Waals surface area contributed by atoms with Gasteiger partial charge in [-0.15, -0.1) is 0 Å². The van der Waals surface area contributed by atoms with Crippen LogP contribution in [0, 0.1) is 0 Å². The lowest BCUT2D eigenvalue weighted by molar-refractivity contribution is 0.102. The summed E-state index contributed by atoms with van der Waals surface area (Å²) in [5.41, 5.74) is 3.26. The zero-order valence-corrected chi connectivity index (χ0v) is 15.2. The van der Waals surface area contributed by atoms with Crippen molar-refractivity contribution in [3.63, 3.8) is 0 Å². The molecule has 128 valence electrons. The highest BCUT2D eigenvalue weighted by Crippen LogP contribution is 2.30. The Morgan fingerprint density at radius 2 is 1.67 bits per heavy atom. The molecule has 0 unspecified atom stereocenters. The van der Waals surface area contributed by atoms with E-state index in [2.05, 4.69) is 5.32 Å². The lowest BCUT2D eigenvalue weighted by Gasteiger charge is -2.16. The Morgan fingerprint density at radius 3 is 2.17 bits per heavy atom.